The molecule has 2 aromatic carbocycles. The van der Waals surface area contributed by atoms with E-state index in [1.807, 2.05) is 24.3 Å². The van der Waals surface area contributed by atoms with E-state index in [1.165, 1.54) is 7.11 Å². The molecule has 0 amide bonds. The van der Waals surface area contributed by atoms with Crippen molar-refractivity contribution in [1.82, 2.24) is 0 Å². The van der Waals surface area contributed by atoms with Crippen molar-refractivity contribution >= 4 is 12.3 Å². The SMILES string of the molecule is COc1ccc(COc2cc(OCCOOC(=O)C3CCC3)c(C=O)cc2OC)cc1. The number of hydrogen-bond acceptors (Lipinski definition) is 8. The van der Waals surface area contributed by atoms with Crippen molar-refractivity contribution in [2.75, 3.05) is 27.4 Å². The van der Waals surface area contributed by atoms with E-state index in [4.69, 9.17) is 28.7 Å². The third kappa shape index (κ3) is 6.11. The van der Waals surface area contributed by atoms with Crippen molar-refractivity contribution in [2.24, 2.45) is 5.92 Å². The highest BCUT2D eigenvalue weighted by Crippen LogP contribution is 2.35. The quantitative estimate of drug-likeness (QED) is 0.218. The van der Waals surface area contributed by atoms with Crippen LogP contribution in [0.5, 0.6) is 23.0 Å². The predicted octanol–water partition coefficient (Wildman–Crippen LogP) is 3.75. The normalized spacial score (nSPS) is 13.1. The summed E-state index contributed by atoms with van der Waals surface area (Å²) >= 11 is 0. The van der Waals surface area contributed by atoms with Gasteiger partial charge in [-0.05, 0) is 36.6 Å². The molecule has 0 N–H and O–H groups in total. The molecule has 31 heavy (non-hydrogen) atoms. The lowest BCUT2D eigenvalue weighted by atomic mass is 9.86. The van der Waals surface area contributed by atoms with Crippen molar-refractivity contribution in [2.45, 2.75) is 25.9 Å². The van der Waals surface area contributed by atoms with Gasteiger partial charge in [-0.2, -0.15) is 4.89 Å². The zero-order valence-electron chi connectivity index (χ0n) is 17.6. The van der Waals surface area contributed by atoms with Crippen molar-refractivity contribution in [1.29, 1.82) is 0 Å². The van der Waals surface area contributed by atoms with Crippen LogP contribution in [0.15, 0.2) is 36.4 Å². The van der Waals surface area contributed by atoms with E-state index in [1.54, 1.807) is 19.2 Å². The molecule has 0 aliphatic heterocycles. The lowest BCUT2D eigenvalue weighted by molar-refractivity contribution is -0.279. The van der Waals surface area contributed by atoms with Crippen LogP contribution in [0.3, 0.4) is 0 Å². The molecule has 2 aromatic rings. The Hall–Kier alpha value is -3.26. The third-order valence-electron chi connectivity index (χ3n) is 4.98. The Balaban J connectivity index is 1.56. The summed E-state index contributed by atoms with van der Waals surface area (Å²) in [6, 6.07) is 10.6. The maximum Gasteiger partial charge on any atom is 0.345 e. The molecule has 0 unspecified atom stereocenters. The summed E-state index contributed by atoms with van der Waals surface area (Å²) in [7, 11) is 3.10. The maximum absolute atomic E-state index is 11.6. The average molecular weight is 430 g/mol. The molecule has 1 aliphatic rings. The monoisotopic (exact) mass is 430 g/mol. The number of methoxy groups -OCH3 is 2. The van der Waals surface area contributed by atoms with E-state index in [0.29, 0.717) is 35.7 Å². The van der Waals surface area contributed by atoms with Gasteiger partial charge in [0.1, 0.15) is 31.3 Å². The topological polar surface area (TPSA) is 89.5 Å². The largest absolute Gasteiger partial charge is 0.497 e. The number of rotatable bonds is 12. The van der Waals surface area contributed by atoms with E-state index in [9.17, 15) is 9.59 Å². The fourth-order valence-corrected chi connectivity index (χ4v) is 2.93. The molecule has 0 radical (unpaired) electrons. The standard InChI is InChI=1S/C23H26O8/c1-26-19-8-6-16(7-9-19)15-29-22-13-20(18(14-24)12-21(22)27-2)28-10-11-30-31-23(25)17-4-3-5-17/h6-9,12-14,17H,3-5,10-11,15H2,1-2H3. The third-order valence-corrected chi connectivity index (χ3v) is 4.98. The molecule has 1 aliphatic carbocycles. The van der Waals surface area contributed by atoms with Crippen LogP contribution < -0.4 is 18.9 Å². The van der Waals surface area contributed by atoms with Gasteiger partial charge in [0.05, 0.1) is 25.7 Å². The summed E-state index contributed by atoms with van der Waals surface area (Å²) < 4.78 is 22.0. The Morgan fingerprint density at radius 2 is 1.74 bits per heavy atom. The first-order valence-electron chi connectivity index (χ1n) is 10.0. The second-order valence-corrected chi connectivity index (χ2v) is 7.00. The van der Waals surface area contributed by atoms with Crippen LogP contribution in [0.4, 0.5) is 0 Å². The number of carbonyl (C=O) groups excluding carboxylic acids is 2. The molecule has 0 heterocycles. The first-order chi connectivity index (χ1) is 15.1. The maximum atomic E-state index is 11.6. The molecule has 1 saturated carbocycles. The summed E-state index contributed by atoms with van der Waals surface area (Å²) in [6.07, 6.45) is 3.39. The number of aldehydes is 1. The number of hydrogen-bond donors (Lipinski definition) is 0. The average Bonchev–Trinajstić information content (AvgIpc) is 2.76. The van der Waals surface area contributed by atoms with E-state index in [2.05, 4.69) is 0 Å². The van der Waals surface area contributed by atoms with Gasteiger partial charge in [0, 0.05) is 6.07 Å². The van der Waals surface area contributed by atoms with Crippen molar-refractivity contribution < 1.29 is 38.3 Å². The smallest absolute Gasteiger partial charge is 0.345 e. The van der Waals surface area contributed by atoms with Gasteiger partial charge in [0.15, 0.2) is 17.8 Å². The molecule has 3 rings (SSSR count). The van der Waals surface area contributed by atoms with Gasteiger partial charge in [-0.3, -0.25) is 9.68 Å². The Bertz CT molecular complexity index is 874. The van der Waals surface area contributed by atoms with Gasteiger partial charge in [0.2, 0.25) is 0 Å². The fraction of sp³-hybridized carbons (Fsp3) is 0.391. The van der Waals surface area contributed by atoms with E-state index < -0.39 is 0 Å². The number of ether oxygens (including phenoxy) is 4. The van der Waals surface area contributed by atoms with Crippen LogP contribution in [0.2, 0.25) is 0 Å². The second kappa shape index (κ2) is 11.2. The minimum atomic E-state index is -0.349. The van der Waals surface area contributed by atoms with Crippen LogP contribution in [0.1, 0.15) is 35.2 Å². The summed E-state index contributed by atoms with van der Waals surface area (Å²) in [5, 5.41) is 0. The summed E-state index contributed by atoms with van der Waals surface area (Å²) in [5.74, 6) is 1.50. The summed E-state index contributed by atoms with van der Waals surface area (Å²) in [4.78, 5) is 32.8. The van der Waals surface area contributed by atoms with E-state index in [-0.39, 0.29) is 25.1 Å². The molecular weight excluding hydrogens is 404 g/mol. The van der Waals surface area contributed by atoms with Crippen LogP contribution in [0.25, 0.3) is 0 Å². The van der Waals surface area contributed by atoms with Crippen molar-refractivity contribution in [3.8, 4) is 23.0 Å². The fourth-order valence-electron chi connectivity index (χ4n) is 2.93. The Morgan fingerprint density at radius 1 is 0.968 bits per heavy atom. The van der Waals surface area contributed by atoms with Gasteiger partial charge in [-0.15, -0.1) is 0 Å². The van der Waals surface area contributed by atoms with Gasteiger partial charge >= 0.3 is 5.97 Å². The first-order valence-corrected chi connectivity index (χ1v) is 10.0. The zero-order valence-corrected chi connectivity index (χ0v) is 17.6. The van der Waals surface area contributed by atoms with Gasteiger partial charge in [-0.25, -0.2) is 4.79 Å². The van der Waals surface area contributed by atoms with Gasteiger partial charge < -0.3 is 18.9 Å². The number of benzene rings is 2. The second-order valence-electron chi connectivity index (χ2n) is 7.00. The van der Waals surface area contributed by atoms with Crippen molar-refractivity contribution in [3.05, 3.63) is 47.5 Å². The molecule has 8 nitrogen and oxygen atoms in total. The molecule has 0 aromatic heterocycles. The molecular formula is C23H26O8. The van der Waals surface area contributed by atoms with Crippen LogP contribution in [0, 0.1) is 5.92 Å². The Kier molecular flexibility index (Phi) is 8.12. The zero-order chi connectivity index (χ0) is 22.1. The highest BCUT2D eigenvalue weighted by Gasteiger charge is 2.27. The van der Waals surface area contributed by atoms with Crippen molar-refractivity contribution in [3.63, 3.8) is 0 Å². The van der Waals surface area contributed by atoms with Crippen LogP contribution in [-0.2, 0) is 21.2 Å². The molecule has 0 bridgehead atoms. The predicted molar refractivity (Wildman–Crippen MR) is 111 cm³/mol. The highest BCUT2D eigenvalue weighted by atomic mass is 17.2. The first kappa shape index (κ1) is 22.4. The van der Waals surface area contributed by atoms with Gasteiger partial charge in [0.25, 0.3) is 0 Å². The van der Waals surface area contributed by atoms with Gasteiger partial charge in [-0.1, -0.05) is 18.6 Å². The molecule has 0 spiro atoms. The van der Waals surface area contributed by atoms with Crippen LogP contribution >= 0.6 is 0 Å². The lowest BCUT2D eigenvalue weighted by Gasteiger charge is -2.21. The minimum absolute atomic E-state index is 0.0326. The molecule has 166 valence electrons. The lowest BCUT2D eigenvalue weighted by Crippen LogP contribution is -2.25. The Labute approximate surface area is 180 Å². The summed E-state index contributed by atoms with van der Waals surface area (Å²) in [5.41, 5.74) is 1.24. The van der Waals surface area contributed by atoms with E-state index in [0.717, 1.165) is 30.6 Å². The number of carbonyl (C=O) groups is 2. The highest BCUT2D eigenvalue weighted by molar-refractivity contribution is 5.81. The Morgan fingerprint density at radius 3 is 2.35 bits per heavy atom. The molecule has 0 saturated heterocycles. The summed E-state index contributed by atoms with van der Waals surface area (Å²) in [6.45, 7) is 0.411. The van der Waals surface area contributed by atoms with Crippen LogP contribution in [-0.4, -0.2) is 39.7 Å². The molecule has 1 fully saturated rings. The molecule has 8 heteroatoms. The minimum Gasteiger partial charge on any atom is -0.497 e. The molecule has 0 atom stereocenters. The van der Waals surface area contributed by atoms with E-state index >= 15 is 0 Å².